The van der Waals surface area contributed by atoms with Gasteiger partial charge in [0.2, 0.25) is 0 Å². The van der Waals surface area contributed by atoms with Crippen molar-refractivity contribution in [3.8, 4) is 5.69 Å². The van der Waals surface area contributed by atoms with Crippen LogP contribution in [0, 0.1) is 0 Å². The van der Waals surface area contributed by atoms with Gasteiger partial charge in [0.05, 0.1) is 29.4 Å². The molecule has 1 saturated heterocycles. The molecule has 5 aromatic rings. The fourth-order valence-corrected chi connectivity index (χ4v) is 4.84. The Morgan fingerprint density at radius 3 is 2.50 bits per heavy atom. The monoisotopic (exact) mass is 465 g/mol. The van der Waals surface area contributed by atoms with Gasteiger partial charge in [-0.2, -0.15) is 0 Å². The van der Waals surface area contributed by atoms with Crippen LogP contribution in [0.2, 0.25) is 10.0 Å². The summed E-state index contributed by atoms with van der Waals surface area (Å²) in [5.41, 5.74) is 3.39. The fourth-order valence-electron chi connectivity index (χ4n) is 4.32. The van der Waals surface area contributed by atoms with Crippen LogP contribution >= 0.6 is 23.2 Å². The highest BCUT2D eigenvalue weighted by Gasteiger charge is 2.23. The van der Waals surface area contributed by atoms with Gasteiger partial charge in [-0.15, -0.1) is 0 Å². The van der Waals surface area contributed by atoms with Crippen LogP contribution in [0.4, 0.5) is 0 Å². The average Bonchev–Trinajstić information content (AvgIpc) is 3.39. The molecule has 0 bridgehead atoms. The smallest absolute Gasteiger partial charge is 0.265 e. The number of hydrogen-bond acceptors (Lipinski definition) is 5. The Morgan fingerprint density at radius 1 is 1.03 bits per heavy atom. The van der Waals surface area contributed by atoms with Gasteiger partial charge in [0.1, 0.15) is 17.2 Å². The largest absolute Gasteiger partial charge is 0.376 e. The van der Waals surface area contributed by atoms with Gasteiger partial charge >= 0.3 is 0 Å². The van der Waals surface area contributed by atoms with E-state index in [9.17, 15) is 4.79 Å². The van der Waals surface area contributed by atoms with Gasteiger partial charge in [-0.1, -0.05) is 35.3 Å². The molecule has 160 valence electrons. The highest BCUT2D eigenvalue weighted by Crippen LogP contribution is 2.31. The van der Waals surface area contributed by atoms with Gasteiger partial charge in [0.25, 0.3) is 5.56 Å². The van der Waals surface area contributed by atoms with Gasteiger partial charge in [-0.05, 0) is 43.2 Å². The van der Waals surface area contributed by atoms with E-state index in [1.807, 2.05) is 24.3 Å². The molecule has 0 aliphatic carbocycles. The lowest BCUT2D eigenvalue weighted by Gasteiger charge is -2.11. The van der Waals surface area contributed by atoms with Crippen LogP contribution in [0.25, 0.3) is 38.9 Å². The first-order chi connectivity index (χ1) is 15.6. The maximum Gasteiger partial charge on any atom is 0.265 e. The number of nitrogens with zero attached hydrogens (tertiary/aromatic N) is 5. The van der Waals surface area contributed by atoms with E-state index in [0.29, 0.717) is 50.0 Å². The summed E-state index contributed by atoms with van der Waals surface area (Å²) in [6.45, 7) is 1.18. The maximum atomic E-state index is 13.6. The lowest BCUT2D eigenvalue weighted by molar-refractivity contribution is 0.0960. The van der Waals surface area contributed by atoms with Crippen LogP contribution in [-0.2, 0) is 11.3 Å². The summed E-state index contributed by atoms with van der Waals surface area (Å²) in [5, 5.41) is 1.36. The minimum absolute atomic E-state index is 0.0129. The highest BCUT2D eigenvalue weighted by molar-refractivity contribution is 6.35. The summed E-state index contributed by atoms with van der Waals surface area (Å²) in [6.07, 6.45) is 3.51. The Labute approximate surface area is 192 Å². The normalized spacial score (nSPS) is 16.5. The number of aromatic nitrogens is 5. The van der Waals surface area contributed by atoms with Crippen molar-refractivity contribution in [1.82, 2.24) is 24.1 Å². The van der Waals surface area contributed by atoms with Crippen molar-refractivity contribution in [1.29, 1.82) is 0 Å². The third kappa shape index (κ3) is 3.16. The van der Waals surface area contributed by atoms with Crippen molar-refractivity contribution >= 4 is 56.4 Å². The highest BCUT2D eigenvalue weighted by atomic mass is 35.5. The topological polar surface area (TPSA) is 74.8 Å². The van der Waals surface area contributed by atoms with Crippen molar-refractivity contribution < 1.29 is 4.74 Å². The number of fused-ring (bicyclic) bond motifs is 4. The van der Waals surface area contributed by atoms with Crippen molar-refractivity contribution in [3.63, 3.8) is 0 Å². The molecule has 0 radical (unpaired) electrons. The second kappa shape index (κ2) is 7.55. The van der Waals surface area contributed by atoms with Crippen LogP contribution < -0.4 is 5.56 Å². The van der Waals surface area contributed by atoms with E-state index >= 15 is 0 Å². The molecule has 0 N–H and O–H groups in total. The zero-order chi connectivity index (χ0) is 21.8. The van der Waals surface area contributed by atoms with E-state index in [2.05, 4.69) is 4.98 Å². The molecule has 3 aromatic heterocycles. The summed E-state index contributed by atoms with van der Waals surface area (Å²) in [6, 6.07) is 12.8. The molecular formula is C23H17Cl2N5O2. The molecule has 1 fully saturated rings. The predicted octanol–water partition coefficient (Wildman–Crippen LogP) is 4.77. The maximum absolute atomic E-state index is 13.6. The van der Waals surface area contributed by atoms with Crippen LogP contribution in [0.5, 0.6) is 0 Å². The van der Waals surface area contributed by atoms with E-state index in [4.69, 9.17) is 37.9 Å². The molecule has 2 aromatic carbocycles. The third-order valence-corrected chi connectivity index (χ3v) is 6.20. The molecule has 0 amide bonds. The van der Waals surface area contributed by atoms with Gasteiger partial charge in [0.15, 0.2) is 11.3 Å². The first-order valence-corrected chi connectivity index (χ1v) is 11.1. The first-order valence-electron chi connectivity index (χ1n) is 10.3. The summed E-state index contributed by atoms with van der Waals surface area (Å²) in [4.78, 5) is 27.9. The fraction of sp³-hybridized carbons (Fsp3) is 0.217. The van der Waals surface area contributed by atoms with Crippen molar-refractivity contribution in [2.75, 3.05) is 6.61 Å². The zero-order valence-corrected chi connectivity index (χ0v) is 18.3. The van der Waals surface area contributed by atoms with E-state index < -0.39 is 0 Å². The third-order valence-electron chi connectivity index (χ3n) is 5.76. The molecule has 1 aliphatic heterocycles. The lowest BCUT2D eigenvalue weighted by atomic mass is 10.2. The molecule has 1 aliphatic rings. The summed E-state index contributed by atoms with van der Waals surface area (Å²) in [7, 11) is 0. The van der Waals surface area contributed by atoms with Crippen LogP contribution in [0.3, 0.4) is 0 Å². The van der Waals surface area contributed by atoms with Gasteiger partial charge in [-0.25, -0.2) is 15.0 Å². The standard InChI is InChI=1S/C23H17Cl2N5O2/c24-13-8-14(25)10-15(9-13)30-21-19(20-22(30)28-18-6-2-1-5-17(18)27-20)23(31)29(12-26-21)11-16-4-3-7-32-16/h1-2,5-6,8-10,12,16H,3-4,7,11H2. The average molecular weight is 466 g/mol. The minimum atomic E-state index is -0.174. The van der Waals surface area contributed by atoms with E-state index in [1.165, 1.54) is 0 Å². The molecule has 0 saturated carbocycles. The molecule has 6 rings (SSSR count). The molecule has 1 unspecified atom stereocenters. The summed E-state index contributed by atoms with van der Waals surface area (Å²) >= 11 is 12.6. The second-order valence-corrected chi connectivity index (χ2v) is 8.76. The Hall–Kier alpha value is -3.00. The lowest BCUT2D eigenvalue weighted by Crippen LogP contribution is -2.26. The Morgan fingerprint density at radius 2 is 1.78 bits per heavy atom. The number of halogens is 2. The van der Waals surface area contributed by atoms with Crippen molar-refractivity contribution in [3.05, 3.63) is 69.2 Å². The Kier molecular flexibility index (Phi) is 4.64. The van der Waals surface area contributed by atoms with Crippen molar-refractivity contribution in [2.24, 2.45) is 0 Å². The predicted molar refractivity (Wildman–Crippen MR) is 125 cm³/mol. The quantitative estimate of drug-likeness (QED) is 0.383. The van der Waals surface area contributed by atoms with Gasteiger partial charge in [-0.3, -0.25) is 13.9 Å². The number of benzene rings is 2. The van der Waals surface area contributed by atoms with Gasteiger partial charge in [0, 0.05) is 16.7 Å². The van der Waals surface area contributed by atoms with Crippen LogP contribution in [0.15, 0.2) is 53.6 Å². The summed E-state index contributed by atoms with van der Waals surface area (Å²) in [5.74, 6) is 0. The van der Waals surface area contributed by atoms with E-state index in [0.717, 1.165) is 25.0 Å². The molecule has 7 nitrogen and oxygen atoms in total. The number of ether oxygens (including phenoxy) is 1. The molecular weight excluding hydrogens is 449 g/mol. The molecule has 32 heavy (non-hydrogen) atoms. The SMILES string of the molecule is O=c1c2c3nc4ccccc4nc3n(-c3cc(Cl)cc(Cl)c3)c2ncn1CC1CCCO1. The number of hydrogen-bond donors (Lipinski definition) is 0. The molecule has 0 spiro atoms. The molecule has 9 heteroatoms. The zero-order valence-electron chi connectivity index (χ0n) is 16.8. The van der Waals surface area contributed by atoms with Gasteiger partial charge < -0.3 is 4.74 Å². The van der Waals surface area contributed by atoms with E-state index in [-0.39, 0.29) is 11.7 Å². The Balaban J connectivity index is 1.70. The van der Waals surface area contributed by atoms with E-state index in [1.54, 1.807) is 33.7 Å². The Bertz CT molecular complexity index is 1550. The van der Waals surface area contributed by atoms with Crippen LogP contribution in [-0.4, -0.2) is 36.8 Å². The molecule has 4 heterocycles. The minimum Gasteiger partial charge on any atom is -0.376 e. The first kappa shape index (κ1) is 19.7. The molecule has 1 atom stereocenters. The second-order valence-electron chi connectivity index (χ2n) is 7.88. The summed E-state index contributed by atoms with van der Waals surface area (Å²) < 4.78 is 9.11. The van der Waals surface area contributed by atoms with Crippen molar-refractivity contribution in [2.45, 2.75) is 25.5 Å². The van der Waals surface area contributed by atoms with Crippen LogP contribution in [0.1, 0.15) is 12.8 Å². The number of rotatable bonds is 3. The number of para-hydroxylation sites is 2.